The molecule has 2 saturated heterocycles. The van der Waals surface area contributed by atoms with E-state index in [0.29, 0.717) is 42.0 Å². The molecule has 8 rings (SSSR count). The molecule has 2 fully saturated rings. The quantitative estimate of drug-likeness (QED) is 0.107. The van der Waals surface area contributed by atoms with Crippen molar-refractivity contribution >= 4 is 34.2 Å². The number of alkyl halides is 2. The van der Waals surface area contributed by atoms with E-state index in [0.717, 1.165) is 26.3 Å². The normalized spacial score (nSPS) is 18.3. The largest absolute Gasteiger partial charge is 0.507 e. The molecule has 2 aliphatic heterocycles. The van der Waals surface area contributed by atoms with Crippen LogP contribution in [0.2, 0.25) is 0 Å². The number of aliphatic hydroxyl groups is 1. The van der Waals surface area contributed by atoms with Crippen LogP contribution in [-0.4, -0.2) is 102 Å². The molecule has 6 heterocycles. The number of aromatic hydroxyl groups is 1. The molecular weight excluding hydrogens is 795 g/mol. The first-order valence-corrected chi connectivity index (χ1v) is 20.8. The predicted octanol–water partition coefficient (Wildman–Crippen LogP) is 6.68. The van der Waals surface area contributed by atoms with Gasteiger partial charge in [-0.15, -0.1) is 21.5 Å². The Morgan fingerprint density at radius 3 is 2.50 bits per heavy atom. The maximum Gasteiger partial charge on any atom is 0.320 e. The van der Waals surface area contributed by atoms with Crippen molar-refractivity contribution in [3.63, 3.8) is 0 Å². The fraction of sp³-hybridized carbons (Fsp3) is 0.395. The van der Waals surface area contributed by atoms with Gasteiger partial charge in [-0.05, 0) is 60.3 Å². The lowest BCUT2D eigenvalue weighted by Gasteiger charge is -2.39. The van der Waals surface area contributed by atoms with Gasteiger partial charge in [0, 0.05) is 61.2 Å². The molecule has 4 aromatic heterocycles. The van der Waals surface area contributed by atoms with Crippen LogP contribution in [-0.2, 0) is 9.59 Å². The molecule has 0 unspecified atom stereocenters. The zero-order valence-electron chi connectivity index (χ0n) is 33.5. The van der Waals surface area contributed by atoms with Gasteiger partial charge < -0.3 is 29.7 Å². The number of aryl methyl sites for hydroxylation is 1. The highest BCUT2D eigenvalue weighted by atomic mass is 32.1. The Balaban J connectivity index is 0.860. The van der Waals surface area contributed by atoms with E-state index in [-0.39, 0.29) is 72.3 Å². The van der Waals surface area contributed by atoms with Crippen LogP contribution in [0.4, 0.5) is 8.78 Å². The maximum absolute atomic E-state index is 14.3. The molecule has 14 nitrogen and oxygen atoms in total. The summed E-state index contributed by atoms with van der Waals surface area (Å²) in [5, 5.41) is 36.7. The van der Waals surface area contributed by atoms with Gasteiger partial charge in [0.25, 0.3) is 5.88 Å². The molecule has 0 aliphatic carbocycles. The van der Waals surface area contributed by atoms with Crippen LogP contribution in [0.1, 0.15) is 74.3 Å². The molecule has 2 aromatic carbocycles. The third-order valence-electron chi connectivity index (χ3n) is 11.4. The molecule has 314 valence electrons. The number of aliphatic hydroxyl groups excluding tert-OH is 1. The molecule has 3 N–H and O–H groups in total. The Kier molecular flexibility index (Phi) is 11.7. The molecule has 4 atom stereocenters. The van der Waals surface area contributed by atoms with Crippen LogP contribution in [0.25, 0.3) is 32.7 Å². The number of nitrogens with zero attached hydrogens (tertiary/aromatic N) is 7. The van der Waals surface area contributed by atoms with Crippen LogP contribution in [0.3, 0.4) is 0 Å². The Morgan fingerprint density at radius 2 is 1.80 bits per heavy atom. The van der Waals surface area contributed by atoms with Crippen molar-refractivity contribution in [1.82, 2.24) is 40.0 Å². The average Bonchev–Trinajstić information content (AvgIpc) is 4.02. The molecular formula is C43H46F2N8O6S. The Bertz CT molecular complexity index is 2480. The van der Waals surface area contributed by atoms with Gasteiger partial charge in [0.05, 0.1) is 33.9 Å². The molecule has 0 bridgehead atoms. The minimum Gasteiger partial charge on any atom is -0.507 e. The summed E-state index contributed by atoms with van der Waals surface area (Å²) in [4.78, 5) is 36.7. The number of hydrogen-bond acceptors (Lipinski definition) is 12. The molecule has 2 amide bonds. The van der Waals surface area contributed by atoms with Crippen molar-refractivity contribution in [1.29, 1.82) is 0 Å². The van der Waals surface area contributed by atoms with Crippen molar-refractivity contribution in [2.75, 3.05) is 32.8 Å². The molecule has 0 saturated carbocycles. The number of ether oxygens (including phenoxy) is 1. The van der Waals surface area contributed by atoms with E-state index in [1.165, 1.54) is 11.0 Å². The lowest BCUT2D eigenvalue weighted by atomic mass is 9.91. The van der Waals surface area contributed by atoms with E-state index in [1.807, 2.05) is 57.5 Å². The zero-order chi connectivity index (χ0) is 42.2. The van der Waals surface area contributed by atoms with Crippen molar-refractivity contribution in [3.05, 3.63) is 95.0 Å². The van der Waals surface area contributed by atoms with Gasteiger partial charge in [-0.25, -0.2) is 4.98 Å². The lowest BCUT2D eigenvalue weighted by Crippen LogP contribution is -2.48. The average molecular weight is 841 g/mol. The second-order valence-corrected chi connectivity index (χ2v) is 16.7. The number of para-hydroxylation sites is 1. The number of phenols is 1. The summed E-state index contributed by atoms with van der Waals surface area (Å²) in [7, 11) is 0. The van der Waals surface area contributed by atoms with Crippen molar-refractivity contribution < 1.29 is 37.8 Å². The monoisotopic (exact) mass is 840 g/mol. The van der Waals surface area contributed by atoms with Gasteiger partial charge in [0.1, 0.15) is 24.3 Å². The number of carbonyl (C=O) groups excluding carboxylic acids is 2. The first-order valence-electron chi connectivity index (χ1n) is 19.9. The highest BCUT2D eigenvalue weighted by molar-refractivity contribution is 7.13. The summed E-state index contributed by atoms with van der Waals surface area (Å²) >= 11 is 1.57. The Morgan fingerprint density at radius 1 is 1.03 bits per heavy atom. The summed E-state index contributed by atoms with van der Waals surface area (Å²) in [5.41, 5.74) is 6.11. The number of thiazole rings is 1. The van der Waals surface area contributed by atoms with Crippen LogP contribution >= 0.6 is 11.3 Å². The smallest absolute Gasteiger partial charge is 0.320 e. The number of hydrogen-bond donors (Lipinski definition) is 3. The number of benzene rings is 2. The fourth-order valence-corrected chi connectivity index (χ4v) is 9.02. The molecule has 17 heteroatoms. The number of phenolic OH excluding ortho intramolecular Hbond substituents is 1. The zero-order valence-corrected chi connectivity index (χ0v) is 34.4. The van der Waals surface area contributed by atoms with Gasteiger partial charge in [-0.1, -0.05) is 50.2 Å². The van der Waals surface area contributed by atoms with Gasteiger partial charge in [-0.3, -0.25) is 19.1 Å². The van der Waals surface area contributed by atoms with Crippen molar-refractivity contribution in [3.8, 4) is 33.3 Å². The highest BCUT2D eigenvalue weighted by Crippen LogP contribution is 2.37. The molecule has 60 heavy (non-hydrogen) atoms. The number of likely N-dealkylation sites (tertiary alicyclic amines) is 2. The molecule has 6 aromatic rings. The first kappa shape index (κ1) is 41.0. The number of rotatable bonds is 14. The van der Waals surface area contributed by atoms with Gasteiger partial charge in [-0.2, -0.15) is 8.78 Å². The maximum atomic E-state index is 14.3. The van der Waals surface area contributed by atoms with Gasteiger partial charge >= 0.3 is 6.55 Å². The van der Waals surface area contributed by atoms with E-state index in [9.17, 15) is 28.6 Å². The van der Waals surface area contributed by atoms with Crippen molar-refractivity contribution in [2.24, 2.45) is 5.92 Å². The molecule has 0 radical (unpaired) electrons. The topological polar surface area (TPSA) is 172 Å². The first-order chi connectivity index (χ1) is 28.9. The number of amides is 2. The lowest BCUT2D eigenvalue weighted by molar-refractivity contribution is -0.141. The number of nitrogens with one attached hydrogen (secondary N) is 1. The second-order valence-electron chi connectivity index (χ2n) is 15.9. The van der Waals surface area contributed by atoms with Gasteiger partial charge in [0.2, 0.25) is 11.8 Å². The third-order valence-corrected chi connectivity index (χ3v) is 12.4. The van der Waals surface area contributed by atoms with Gasteiger partial charge in [0.15, 0.2) is 11.4 Å². The van der Waals surface area contributed by atoms with Crippen LogP contribution in [0.15, 0.2) is 76.8 Å². The van der Waals surface area contributed by atoms with E-state index in [4.69, 9.17) is 9.26 Å². The minimum absolute atomic E-state index is 0.0104. The summed E-state index contributed by atoms with van der Waals surface area (Å²) in [6, 6.07) is 18.3. The summed E-state index contributed by atoms with van der Waals surface area (Å²) in [5.74, 6) is -1.38. The summed E-state index contributed by atoms with van der Waals surface area (Å²) in [6.45, 7) is 6.58. The Labute approximate surface area is 348 Å². The van der Waals surface area contributed by atoms with Crippen LogP contribution in [0, 0.1) is 12.8 Å². The molecule has 2 aliphatic rings. The van der Waals surface area contributed by atoms with Crippen LogP contribution in [0.5, 0.6) is 11.6 Å². The van der Waals surface area contributed by atoms with E-state index < -0.39 is 24.6 Å². The number of halogens is 2. The van der Waals surface area contributed by atoms with E-state index >= 15 is 0 Å². The third kappa shape index (κ3) is 8.20. The fourth-order valence-electron chi connectivity index (χ4n) is 8.21. The highest BCUT2D eigenvalue weighted by Gasteiger charge is 2.43. The second kappa shape index (κ2) is 17.1. The van der Waals surface area contributed by atoms with Crippen molar-refractivity contribution in [2.45, 2.75) is 70.7 Å². The van der Waals surface area contributed by atoms with Crippen LogP contribution < -0.4 is 10.1 Å². The number of aromatic nitrogens is 5. The Hall–Kier alpha value is -5.78. The van der Waals surface area contributed by atoms with E-state index in [1.54, 1.807) is 47.7 Å². The number of β-amino-alcohol motifs (C(OH)–C–C–N with tert-alkyl or cyclic N) is 1. The summed E-state index contributed by atoms with van der Waals surface area (Å²) < 4.78 is 41.1. The minimum atomic E-state index is -2.81. The number of carbonyl (C=O) groups is 2. The standard InChI is InChI=1S/C43H46F2N8O6S/c1-23(2)38(42(57)52-21-30(54)17-34(52)41(56)47-24(3)26-9-11-27(12-10-26)39-25(4)46-22-60-39)36-18-37(50-59-36)58-14-13-51-19-29(20-51)33-16-28-15-32(31-7-5-6-8-35(31)55)48-49-40(28)53(33)43(44)45/h5-12,15-16,18,22-24,29-30,34,38,43,54-55H,13-14,17,19-21H2,1-4H3,(H,47,56)/t24-,30+,34-,38+/m0/s1. The predicted molar refractivity (Wildman–Crippen MR) is 220 cm³/mol. The SMILES string of the molecule is Cc1ncsc1-c1ccc([C@H](C)NC(=O)[C@@H]2C[C@@H](O)CN2C(=O)[C@@H](c2cc(OCCN3CC(c4cc5cc(-c6ccccc6O)nnc5n4C(F)F)C3)no2)C(C)C)cc1. The summed E-state index contributed by atoms with van der Waals surface area (Å²) in [6.07, 6.45) is -0.750. The molecule has 0 spiro atoms. The van der Waals surface area contributed by atoms with E-state index in [2.05, 4.69) is 30.6 Å². The number of fused-ring (bicyclic) bond motifs is 1.